The molecule has 0 spiro atoms. The number of aliphatic hydroxyl groups excluding tert-OH is 1. The van der Waals surface area contributed by atoms with E-state index in [1.54, 1.807) is 28.9 Å². The topological polar surface area (TPSA) is 112 Å². The molecule has 0 bridgehead atoms. The molecule has 1 atom stereocenters. The normalized spacial score (nSPS) is 12.9. The van der Waals surface area contributed by atoms with Crippen LogP contribution in [0.4, 0.5) is 0 Å². The Bertz CT molecular complexity index is 1050. The van der Waals surface area contributed by atoms with Gasteiger partial charge in [0.15, 0.2) is 5.65 Å². The molecule has 0 fully saturated rings. The van der Waals surface area contributed by atoms with E-state index >= 15 is 0 Å². The molecule has 0 saturated heterocycles. The molecular formula is C22H31N7O2. The van der Waals surface area contributed by atoms with Crippen molar-refractivity contribution in [1.29, 1.82) is 0 Å². The summed E-state index contributed by atoms with van der Waals surface area (Å²) in [6, 6.07) is 0. The number of amides is 1. The molecule has 9 nitrogen and oxygen atoms in total. The van der Waals surface area contributed by atoms with Crippen molar-refractivity contribution in [2.75, 3.05) is 19.6 Å². The molecule has 0 aromatic carbocycles. The van der Waals surface area contributed by atoms with Gasteiger partial charge >= 0.3 is 0 Å². The van der Waals surface area contributed by atoms with Gasteiger partial charge in [-0.2, -0.15) is 5.10 Å². The van der Waals surface area contributed by atoms with Gasteiger partial charge in [0.05, 0.1) is 30.7 Å². The Morgan fingerprint density at radius 2 is 2.19 bits per heavy atom. The minimum Gasteiger partial charge on any atom is -0.393 e. The highest BCUT2D eigenvalue weighted by Crippen LogP contribution is 2.24. The number of allylic oxidation sites excluding steroid dienone is 1. The van der Waals surface area contributed by atoms with E-state index in [0.717, 1.165) is 34.5 Å². The maximum Gasteiger partial charge on any atom is 0.241 e. The van der Waals surface area contributed by atoms with Crippen molar-refractivity contribution in [3.8, 4) is 11.3 Å². The van der Waals surface area contributed by atoms with Gasteiger partial charge in [-0.1, -0.05) is 13.0 Å². The van der Waals surface area contributed by atoms with Crippen LogP contribution in [0.15, 0.2) is 30.9 Å². The highest BCUT2D eigenvalue weighted by Gasteiger charge is 2.16. The van der Waals surface area contributed by atoms with E-state index in [1.165, 1.54) is 0 Å². The van der Waals surface area contributed by atoms with E-state index in [2.05, 4.69) is 20.4 Å². The second-order valence-electron chi connectivity index (χ2n) is 7.63. The summed E-state index contributed by atoms with van der Waals surface area (Å²) in [7, 11) is 1.86. The van der Waals surface area contributed by atoms with Crippen molar-refractivity contribution in [2.45, 2.75) is 39.7 Å². The molecule has 3 N–H and O–H groups in total. The number of aryl methyl sites for hydroxylation is 1. The molecule has 0 aliphatic heterocycles. The third-order valence-electron chi connectivity index (χ3n) is 5.05. The number of H-pyrrole nitrogens is 1. The predicted molar refractivity (Wildman–Crippen MR) is 121 cm³/mol. The van der Waals surface area contributed by atoms with Gasteiger partial charge in [0.25, 0.3) is 0 Å². The molecule has 0 aliphatic rings. The zero-order valence-corrected chi connectivity index (χ0v) is 18.6. The molecule has 1 unspecified atom stereocenters. The summed E-state index contributed by atoms with van der Waals surface area (Å²) < 4.78 is 1.73. The van der Waals surface area contributed by atoms with Crippen molar-refractivity contribution < 1.29 is 9.90 Å². The molecule has 166 valence electrons. The maximum atomic E-state index is 12.8. The van der Waals surface area contributed by atoms with Gasteiger partial charge in [0.2, 0.25) is 5.91 Å². The lowest BCUT2D eigenvalue weighted by atomic mass is 10.2. The predicted octanol–water partition coefficient (Wildman–Crippen LogP) is 2.32. The average molecular weight is 426 g/mol. The summed E-state index contributed by atoms with van der Waals surface area (Å²) in [5.74, 6) is 0.00354. The number of rotatable bonds is 10. The third-order valence-corrected chi connectivity index (χ3v) is 5.05. The van der Waals surface area contributed by atoms with Gasteiger partial charge in [-0.15, -0.1) is 0 Å². The minimum absolute atomic E-state index is 0.00354. The van der Waals surface area contributed by atoms with E-state index in [4.69, 9.17) is 4.98 Å². The fourth-order valence-corrected chi connectivity index (χ4v) is 3.40. The SMILES string of the molecule is CC=C(NCC(=O)N(CCC)CCC(C)O)c1c[nH]c2ncc(-c3cnn(C)c3)nc12. The van der Waals surface area contributed by atoms with Gasteiger partial charge in [-0.3, -0.25) is 9.48 Å². The largest absolute Gasteiger partial charge is 0.393 e. The molecule has 9 heteroatoms. The Hall–Kier alpha value is -3.20. The van der Waals surface area contributed by atoms with Gasteiger partial charge in [-0.25, -0.2) is 9.97 Å². The molecule has 3 aromatic heterocycles. The van der Waals surface area contributed by atoms with Crippen LogP contribution in [0.5, 0.6) is 0 Å². The first-order chi connectivity index (χ1) is 14.9. The first-order valence-electron chi connectivity index (χ1n) is 10.6. The third kappa shape index (κ3) is 5.49. The number of fused-ring (bicyclic) bond motifs is 1. The molecule has 3 rings (SSSR count). The Morgan fingerprint density at radius 3 is 2.84 bits per heavy atom. The number of aromatic amines is 1. The quantitative estimate of drug-likeness (QED) is 0.460. The molecule has 31 heavy (non-hydrogen) atoms. The Labute approximate surface area is 182 Å². The highest BCUT2D eigenvalue weighted by molar-refractivity contribution is 5.89. The van der Waals surface area contributed by atoms with E-state index in [-0.39, 0.29) is 12.5 Å². The second kappa shape index (κ2) is 10.2. The zero-order valence-electron chi connectivity index (χ0n) is 18.6. The molecule has 0 aliphatic carbocycles. The van der Waals surface area contributed by atoms with Crippen molar-refractivity contribution in [3.05, 3.63) is 36.4 Å². The van der Waals surface area contributed by atoms with Crippen molar-refractivity contribution >= 4 is 22.8 Å². The summed E-state index contributed by atoms with van der Waals surface area (Å²) in [5, 5.41) is 17.0. The summed E-state index contributed by atoms with van der Waals surface area (Å²) in [6.45, 7) is 7.08. The van der Waals surface area contributed by atoms with Crippen LogP contribution in [0.3, 0.4) is 0 Å². The highest BCUT2D eigenvalue weighted by atomic mass is 16.3. The van der Waals surface area contributed by atoms with Crippen LogP contribution < -0.4 is 5.32 Å². The standard InChI is InChI=1S/C22H31N7O2/c1-5-8-29(9-7-15(3)30)20(31)13-23-18(6-2)17-11-24-22-21(17)27-19(12-25-22)16-10-26-28(4)14-16/h6,10-12,14-15,23,30H,5,7-9,13H2,1-4H3,(H,24,25). The number of nitrogens with one attached hydrogen (secondary N) is 2. The number of aromatic nitrogens is 5. The lowest BCUT2D eigenvalue weighted by Gasteiger charge is -2.23. The van der Waals surface area contributed by atoms with E-state index in [0.29, 0.717) is 25.2 Å². The number of carbonyl (C=O) groups is 1. The summed E-state index contributed by atoms with van der Waals surface area (Å²) >= 11 is 0. The Morgan fingerprint density at radius 1 is 1.39 bits per heavy atom. The van der Waals surface area contributed by atoms with Crippen LogP contribution in [0.1, 0.15) is 39.2 Å². The second-order valence-corrected chi connectivity index (χ2v) is 7.63. The van der Waals surface area contributed by atoms with Gasteiger partial charge < -0.3 is 20.3 Å². The van der Waals surface area contributed by atoms with E-state index < -0.39 is 6.10 Å². The summed E-state index contributed by atoms with van der Waals surface area (Å²) in [5.41, 5.74) is 4.70. The van der Waals surface area contributed by atoms with Crippen LogP contribution in [-0.2, 0) is 11.8 Å². The Kier molecular flexibility index (Phi) is 7.41. The zero-order chi connectivity index (χ0) is 22.4. The molecule has 0 radical (unpaired) electrons. The monoisotopic (exact) mass is 425 g/mol. The van der Waals surface area contributed by atoms with Crippen LogP contribution >= 0.6 is 0 Å². The summed E-state index contributed by atoms with van der Waals surface area (Å²) in [6.07, 6.45) is 10.2. The van der Waals surface area contributed by atoms with Gasteiger partial charge in [0, 0.05) is 49.4 Å². The van der Waals surface area contributed by atoms with Crippen molar-refractivity contribution in [1.82, 2.24) is 34.9 Å². The molecule has 1 amide bonds. The van der Waals surface area contributed by atoms with Crippen LogP contribution in [0.2, 0.25) is 0 Å². The number of hydrogen-bond donors (Lipinski definition) is 3. The number of nitrogens with zero attached hydrogens (tertiary/aromatic N) is 5. The first kappa shape index (κ1) is 22.5. The van der Waals surface area contributed by atoms with Gasteiger partial charge in [-0.05, 0) is 26.7 Å². The molecular weight excluding hydrogens is 394 g/mol. The summed E-state index contributed by atoms with van der Waals surface area (Å²) in [4.78, 5) is 27.0. The molecule has 3 heterocycles. The Balaban J connectivity index is 1.76. The minimum atomic E-state index is -0.426. The molecule has 0 saturated carbocycles. The van der Waals surface area contributed by atoms with Crippen LogP contribution in [-0.4, -0.2) is 66.4 Å². The van der Waals surface area contributed by atoms with Crippen LogP contribution in [0, 0.1) is 0 Å². The molecule has 3 aromatic rings. The number of aliphatic hydroxyl groups is 1. The smallest absolute Gasteiger partial charge is 0.241 e. The van der Waals surface area contributed by atoms with Crippen LogP contribution in [0.25, 0.3) is 28.1 Å². The van der Waals surface area contributed by atoms with Gasteiger partial charge in [0.1, 0.15) is 5.52 Å². The van der Waals surface area contributed by atoms with Crippen molar-refractivity contribution in [2.24, 2.45) is 7.05 Å². The average Bonchev–Trinajstić information content (AvgIpc) is 3.37. The lowest BCUT2D eigenvalue weighted by Crippen LogP contribution is -2.39. The fourth-order valence-electron chi connectivity index (χ4n) is 3.40. The number of hydrogen-bond acceptors (Lipinski definition) is 6. The first-order valence-corrected chi connectivity index (χ1v) is 10.6. The van der Waals surface area contributed by atoms with Crippen molar-refractivity contribution in [3.63, 3.8) is 0 Å². The van der Waals surface area contributed by atoms with E-state index in [1.807, 2.05) is 39.4 Å². The lowest BCUT2D eigenvalue weighted by molar-refractivity contribution is -0.130. The van der Waals surface area contributed by atoms with E-state index in [9.17, 15) is 9.90 Å². The number of carbonyl (C=O) groups excluding carboxylic acids is 1. The maximum absolute atomic E-state index is 12.8. The fraction of sp³-hybridized carbons (Fsp3) is 0.455.